The third-order valence-electron chi connectivity index (χ3n) is 6.86. The van der Waals surface area contributed by atoms with E-state index in [1.54, 1.807) is 11.8 Å². The van der Waals surface area contributed by atoms with E-state index in [0.29, 0.717) is 5.92 Å². The first-order valence-corrected chi connectivity index (χ1v) is 14.9. The summed E-state index contributed by atoms with van der Waals surface area (Å²) in [5.74, 6) is 1.50. The summed E-state index contributed by atoms with van der Waals surface area (Å²) in [7, 11) is 4.42. The Labute approximate surface area is 215 Å². The molecule has 0 saturated carbocycles. The van der Waals surface area contributed by atoms with Crippen LogP contribution < -0.4 is 0 Å². The van der Waals surface area contributed by atoms with Gasteiger partial charge < -0.3 is 9.80 Å². The van der Waals surface area contributed by atoms with Gasteiger partial charge >= 0.3 is 0 Å². The lowest BCUT2D eigenvalue weighted by atomic mass is 10.0. The normalized spacial score (nSPS) is 15.5. The predicted molar refractivity (Wildman–Crippen MR) is 148 cm³/mol. The molecule has 1 aliphatic heterocycles. The third kappa shape index (κ3) is 8.47. The van der Waals surface area contributed by atoms with Crippen molar-refractivity contribution in [2.45, 2.75) is 82.2 Å². The maximum Gasteiger partial charge on any atom is 0.205 e. The number of rotatable bonds is 14. The molecule has 0 spiro atoms. The van der Waals surface area contributed by atoms with Crippen molar-refractivity contribution in [2.75, 3.05) is 39.5 Å². The zero-order chi connectivity index (χ0) is 24.3. The number of nitrogens with zero attached hydrogens (tertiary/aromatic N) is 3. The molecule has 0 bridgehead atoms. The first kappa shape index (κ1) is 27.4. The van der Waals surface area contributed by atoms with Gasteiger partial charge in [-0.3, -0.25) is 4.79 Å². The second-order valence-electron chi connectivity index (χ2n) is 10.1. The van der Waals surface area contributed by atoms with Crippen LogP contribution >= 0.6 is 23.1 Å². The quantitative estimate of drug-likeness (QED) is 0.159. The molecule has 3 heterocycles. The van der Waals surface area contributed by atoms with E-state index in [1.165, 1.54) is 82.3 Å². The average molecular weight is 502 g/mol. The summed E-state index contributed by atoms with van der Waals surface area (Å²) in [5.41, 5.74) is 1.82. The molecule has 0 N–H and O–H groups in total. The van der Waals surface area contributed by atoms with E-state index in [9.17, 15) is 4.79 Å². The van der Waals surface area contributed by atoms with Crippen LogP contribution in [0.2, 0.25) is 0 Å². The molecule has 0 amide bonds. The molecule has 1 aliphatic rings. The van der Waals surface area contributed by atoms with Gasteiger partial charge in [0.05, 0.1) is 10.4 Å². The molecular weight excluding hydrogens is 458 g/mol. The second-order valence-corrected chi connectivity index (χ2v) is 12.1. The van der Waals surface area contributed by atoms with Gasteiger partial charge in [-0.15, -0.1) is 23.1 Å². The Morgan fingerprint density at radius 1 is 1.09 bits per heavy atom. The van der Waals surface area contributed by atoms with Gasteiger partial charge in [0.2, 0.25) is 5.78 Å². The van der Waals surface area contributed by atoms with Crippen molar-refractivity contribution in [1.29, 1.82) is 0 Å². The first-order chi connectivity index (χ1) is 16.5. The molecule has 2 aromatic rings. The van der Waals surface area contributed by atoms with E-state index in [4.69, 9.17) is 4.98 Å². The highest BCUT2D eigenvalue weighted by Crippen LogP contribution is 2.28. The summed E-state index contributed by atoms with van der Waals surface area (Å²) in [6, 6.07) is 8.62. The number of piperidine rings is 1. The highest BCUT2D eigenvalue weighted by molar-refractivity contribution is 7.99. The van der Waals surface area contributed by atoms with Crippen molar-refractivity contribution in [3.63, 3.8) is 0 Å². The van der Waals surface area contributed by atoms with Gasteiger partial charge in [-0.2, -0.15) is 0 Å². The molecule has 4 nitrogen and oxygen atoms in total. The van der Waals surface area contributed by atoms with Crippen LogP contribution in [0.3, 0.4) is 0 Å². The highest BCUT2D eigenvalue weighted by atomic mass is 32.2. The van der Waals surface area contributed by atoms with Gasteiger partial charge in [0, 0.05) is 11.7 Å². The third-order valence-corrected chi connectivity index (χ3v) is 8.80. The molecule has 0 radical (unpaired) electrons. The summed E-state index contributed by atoms with van der Waals surface area (Å²) >= 11 is 3.26. The minimum absolute atomic E-state index is 0.103. The summed E-state index contributed by atoms with van der Waals surface area (Å²) in [6.07, 6.45) is 10.4. The lowest BCUT2D eigenvalue weighted by Gasteiger charge is -2.35. The minimum atomic E-state index is 0.103. The van der Waals surface area contributed by atoms with Crippen LogP contribution in [-0.4, -0.2) is 66.1 Å². The van der Waals surface area contributed by atoms with Crippen LogP contribution in [0.5, 0.6) is 0 Å². The number of aromatic nitrogens is 1. The molecule has 3 rings (SSSR count). The number of hydrogen-bond acceptors (Lipinski definition) is 6. The van der Waals surface area contributed by atoms with Crippen LogP contribution in [0.4, 0.5) is 0 Å². The van der Waals surface area contributed by atoms with Crippen molar-refractivity contribution in [1.82, 2.24) is 14.8 Å². The Kier molecular flexibility index (Phi) is 11.6. The Morgan fingerprint density at radius 2 is 1.79 bits per heavy atom. The largest absolute Gasteiger partial charge is 0.306 e. The van der Waals surface area contributed by atoms with Gasteiger partial charge in [0.1, 0.15) is 5.03 Å². The number of pyridine rings is 1. The van der Waals surface area contributed by atoms with E-state index in [1.807, 2.05) is 29.6 Å². The van der Waals surface area contributed by atoms with Crippen molar-refractivity contribution in [3.8, 4) is 0 Å². The van der Waals surface area contributed by atoms with E-state index in [-0.39, 0.29) is 5.78 Å². The lowest BCUT2D eigenvalue weighted by molar-refractivity contribution is 0.103. The fraction of sp³-hybridized carbons (Fsp3) is 0.643. The lowest BCUT2D eigenvalue weighted by Crippen LogP contribution is -2.42. The Bertz CT molecular complexity index is 859. The SMILES string of the molecule is CC(C)c1ccc(C(=O)c2cccs2)c(SCCCCCCCCN2CCC(N(C)C)CC2)n1. The molecule has 34 heavy (non-hydrogen) atoms. The van der Waals surface area contributed by atoms with Crippen LogP contribution in [0, 0.1) is 0 Å². The molecular formula is C28H43N3OS2. The summed E-state index contributed by atoms with van der Waals surface area (Å²) < 4.78 is 0. The summed E-state index contributed by atoms with van der Waals surface area (Å²) in [6.45, 7) is 8.12. The maximum absolute atomic E-state index is 13.0. The van der Waals surface area contributed by atoms with Crippen LogP contribution in [0.1, 0.15) is 92.1 Å². The number of thioether (sulfide) groups is 1. The van der Waals surface area contributed by atoms with E-state index >= 15 is 0 Å². The second kappa shape index (κ2) is 14.4. The zero-order valence-corrected chi connectivity index (χ0v) is 23.2. The van der Waals surface area contributed by atoms with Crippen LogP contribution in [0.25, 0.3) is 0 Å². The number of hydrogen-bond donors (Lipinski definition) is 0. The molecule has 0 aliphatic carbocycles. The monoisotopic (exact) mass is 501 g/mol. The maximum atomic E-state index is 13.0. The van der Waals surface area contributed by atoms with Crippen molar-refractivity contribution in [3.05, 3.63) is 45.8 Å². The Balaban J connectivity index is 1.33. The van der Waals surface area contributed by atoms with Crippen molar-refractivity contribution < 1.29 is 4.79 Å². The van der Waals surface area contributed by atoms with Crippen molar-refractivity contribution in [2.24, 2.45) is 0 Å². The first-order valence-electron chi connectivity index (χ1n) is 13.1. The highest BCUT2D eigenvalue weighted by Gasteiger charge is 2.20. The molecule has 188 valence electrons. The van der Waals surface area contributed by atoms with Gasteiger partial charge in [-0.05, 0) is 94.7 Å². The van der Waals surface area contributed by atoms with E-state index < -0.39 is 0 Å². The molecule has 6 heteroatoms. The Morgan fingerprint density at radius 3 is 2.44 bits per heavy atom. The standard InChI is InChI=1S/C28H43N3OS2/c1-22(2)25-14-13-24(27(32)26-12-11-21-33-26)28(29-25)34-20-10-8-6-5-7-9-17-31-18-15-23(16-19-31)30(3)4/h11-14,21-23H,5-10,15-20H2,1-4H3. The van der Waals surface area contributed by atoms with Gasteiger partial charge in [-0.1, -0.05) is 45.6 Å². The average Bonchev–Trinajstić information content (AvgIpc) is 3.38. The van der Waals surface area contributed by atoms with Crippen LogP contribution in [0.15, 0.2) is 34.7 Å². The number of thiophene rings is 1. The van der Waals surface area contributed by atoms with Crippen LogP contribution in [-0.2, 0) is 0 Å². The molecule has 0 unspecified atom stereocenters. The van der Waals surface area contributed by atoms with Gasteiger partial charge in [-0.25, -0.2) is 4.98 Å². The fourth-order valence-electron chi connectivity index (χ4n) is 4.57. The summed E-state index contributed by atoms with van der Waals surface area (Å²) in [4.78, 5) is 23.7. The molecule has 0 atom stereocenters. The molecule has 0 aromatic carbocycles. The number of ketones is 1. The fourth-order valence-corrected chi connectivity index (χ4v) is 6.28. The molecule has 1 saturated heterocycles. The Hall–Kier alpha value is -1.21. The zero-order valence-electron chi connectivity index (χ0n) is 21.6. The number of carbonyl (C=O) groups is 1. The summed E-state index contributed by atoms with van der Waals surface area (Å²) in [5, 5.41) is 2.87. The van der Waals surface area contributed by atoms with Gasteiger partial charge in [0.15, 0.2) is 0 Å². The molecule has 1 fully saturated rings. The van der Waals surface area contributed by atoms with E-state index in [0.717, 1.165) is 33.0 Å². The minimum Gasteiger partial charge on any atom is -0.306 e. The number of unbranched alkanes of at least 4 members (excludes halogenated alkanes) is 5. The predicted octanol–water partition coefficient (Wildman–Crippen LogP) is 6.96. The van der Waals surface area contributed by atoms with E-state index in [2.05, 4.69) is 37.7 Å². The molecule has 2 aromatic heterocycles. The number of likely N-dealkylation sites (tertiary alicyclic amines) is 1. The topological polar surface area (TPSA) is 36.4 Å². The van der Waals surface area contributed by atoms with Crippen molar-refractivity contribution >= 4 is 28.9 Å². The smallest absolute Gasteiger partial charge is 0.205 e. The number of carbonyl (C=O) groups excluding carboxylic acids is 1. The van der Waals surface area contributed by atoms with Gasteiger partial charge in [0.25, 0.3) is 0 Å².